The van der Waals surface area contributed by atoms with E-state index in [1.807, 2.05) is 31.2 Å². The summed E-state index contributed by atoms with van der Waals surface area (Å²) in [6.07, 6.45) is 1.48. The van der Waals surface area contributed by atoms with E-state index in [1.165, 1.54) is 6.21 Å². The van der Waals surface area contributed by atoms with Crippen LogP contribution in [0.5, 0.6) is 5.75 Å². The fourth-order valence-corrected chi connectivity index (χ4v) is 3.58. The molecule has 0 saturated heterocycles. The number of carbonyl (C=O) groups is 1. The van der Waals surface area contributed by atoms with Gasteiger partial charge in [0, 0.05) is 10.6 Å². The Balaban J connectivity index is 1.90. The summed E-state index contributed by atoms with van der Waals surface area (Å²) in [6, 6.07) is 11.0. The predicted octanol–water partition coefficient (Wildman–Crippen LogP) is 4.70. The molecule has 23 heavy (non-hydrogen) atoms. The first-order chi connectivity index (χ1) is 11.0. The molecule has 120 valence electrons. The van der Waals surface area contributed by atoms with Crippen LogP contribution in [0.2, 0.25) is 5.02 Å². The molecular formula is C16H13Br2ClN2O2. The molecule has 1 amide bonds. The Bertz CT molecular complexity index is 728. The summed E-state index contributed by atoms with van der Waals surface area (Å²) in [6.45, 7) is 1.82. The highest BCUT2D eigenvalue weighted by Gasteiger charge is 2.09. The van der Waals surface area contributed by atoms with Crippen LogP contribution < -0.4 is 10.2 Å². The zero-order valence-electron chi connectivity index (χ0n) is 12.1. The lowest BCUT2D eigenvalue weighted by Gasteiger charge is -2.10. The first-order valence-corrected chi connectivity index (χ1v) is 8.58. The Hall–Kier alpha value is -1.37. The number of rotatable bonds is 5. The number of nitrogens with one attached hydrogen (secondary N) is 1. The molecule has 2 aromatic carbocycles. The van der Waals surface area contributed by atoms with Crippen molar-refractivity contribution in [1.29, 1.82) is 0 Å². The van der Waals surface area contributed by atoms with Gasteiger partial charge in [-0.3, -0.25) is 4.79 Å². The molecule has 0 fully saturated rings. The highest BCUT2D eigenvalue weighted by molar-refractivity contribution is 9.11. The Labute approximate surface area is 156 Å². The van der Waals surface area contributed by atoms with Crippen LogP contribution in [0.3, 0.4) is 0 Å². The average Bonchev–Trinajstić information content (AvgIpc) is 2.48. The van der Waals surface area contributed by atoms with Crippen LogP contribution in [0.15, 0.2) is 50.4 Å². The second-order valence-corrected chi connectivity index (χ2v) is 6.78. The molecule has 4 nitrogen and oxygen atoms in total. The maximum atomic E-state index is 11.8. The minimum absolute atomic E-state index is 0.153. The van der Waals surface area contributed by atoms with Gasteiger partial charge in [0.15, 0.2) is 6.61 Å². The molecule has 0 aliphatic rings. The van der Waals surface area contributed by atoms with E-state index in [0.717, 1.165) is 20.1 Å². The van der Waals surface area contributed by atoms with E-state index in [4.69, 9.17) is 16.3 Å². The lowest BCUT2D eigenvalue weighted by Crippen LogP contribution is -2.24. The normalized spacial score (nSPS) is 10.8. The molecule has 2 aromatic rings. The quantitative estimate of drug-likeness (QED) is 0.519. The monoisotopic (exact) mass is 458 g/mol. The van der Waals surface area contributed by atoms with Crippen LogP contribution in [-0.2, 0) is 4.79 Å². The Morgan fingerprint density at radius 1 is 1.30 bits per heavy atom. The van der Waals surface area contributed by atoms with Crippen molar-refractivity contribution in [1.82, 2.24) is 5.43 Å². The molecule has 7 heteroatoms. The summed E-state index contributed by atoms with van der Waals surface area (Å²) in [5.74, 6) is 0.202. The molecule has 0 atom stereocenters. The highest BCUT2D eigenvalue weighted by Crippen LogP contribution is 2.34. The van der Waals surface area contributed by atoms with Crippen molar-refractivity contribution in [2.24, 2.45) is 5.10 Å². The fourth-order valence-electron chi connectivity index (χ4n) is 1.75. The number of benzene rings is 2. The van der Waals surface area contributed by atoms with Crippen LogP contribution in [-0.4, -0.2) is 18.7 Å². The summed E-state index contributed by atoms with van der Waals surface area (Å²) in [5, 5.41) is 4.43. The SMILES string of the molecule is Cc1cc(Br)c(OCC(=O)N/N=C\c2ccccc2Cl)c(Br)c1. The average molecular weight is 461 g/mol. The molecule has 0 unspecified atom stereocenters. The van der Waals surface area contributed by atoms with Crippen molar-refractivity contribution in [3.05, 3.63) is 61.5 Å². The lowest BCUT2D eigenvalue weighted by atomic mass is 10.2. The van der Waals surface area contributed by atoms with Crippen molar-refractivity contribution in [3.8, 4) is 5.75 Å². The summed E-state index contributed by atoms with van der Waals surface area (Å²) < 4.78 is 7.05. The molecule has 0 spiro atoms. The van der Waals surface area contributed by atoms with Gasteiger partial charge in [-0.15, -0.1) is 0 Å². The number of hydrazone groups is 1. The molecule has 0 radical (unpaired) electrons. The molecule has 0 aromatic heterocycles. The van der Waals surface area contributed by atoms with Gasteiger partial charge < -0.3 is 4.74 Å². The van der Waals surface area contributed by atoms with Gasteiger partial charge in [-0.2, -0.15) is 5.10 Å². The van der Waals surface area contributed by atoms with Crippen LogP contribution in [0.4, 0.5) is 0 Å². The Morgan fingerprint density at radius 3 is 2.61 bits per heavy atom. The summed E-state index contributed by atoms with van der Waals surface area (Å²) in [5.41, 5.74) is 4.19. The summed E-state index contributed by atoms with van der Waals surface area (Å²) >= 11 is 12.8. The first kappa shape index (κ1) is 18.0. The number of carbonyl (C=O) groups excluding carboxylic acids is 1. The predicted molar refractivity (Wildman–Crippen MR) is 99.3 cm³/mol. The van der Waals surface area contributed by atoms with Crippen LogP contribution in [0.1, 0.15) is 11.1 Å². The number of amides is 1. The lowest BCUT2D eigenvalue weighted by molar-refractivity contribution is -0.123. The van der Waals surface area contributed by atoms with Crippen molar-refractivity contribution < 1.29 is 9.53 Å². The second kappa shape index (κ2) is 8.47. The van der Waals surface area contributed by atoms with Crippen molar-refractivity contribution in [2.45, 2.75) is 6.92 Å². The van der Waals surface area contributed by atoms with Gasteiger partial charge in [0.05, 0.1) is 15.2 Å². The van der Waals surface area contributed by atoms with Gasteiger partial charge in [0.1, 0.15) is 5.75 Å². The molecule has 0 aliphatic heterocycles. The molecule has 0 heterocycles. The zero-order valence-corrected chi connectivity index (χ0v) is 16.1. The number of halogens is 3. The second-order valence-electron chi connectivity index (χ2n) is 4.66. The maximum absolute atomic E-state index is 11.8. The number of aryl methyl sites for hydroxylation is 1. The topological polar surface area (TPSA) is 50.7 Å². The molecule has 0 bridgehead atoms. The molecule has 0 aliphatic carbocycles. The van der Waals surface area contributed by atoms with Gasteiger partial charge >= 0.3 is 0 Å². The Kier molecular flexibility index (Phi) is 6.62. The summed E-state index contributed by atoms with van der Waals surface area (Å²) in [7, 11) is 0. The molecular weight excluding hydrogens is 447 g/mol. The number of ether oxygens (including phenoxy) is 1. The molecule has 1 N–H and O–H groups in total. The third-order valence-electron chi connectivity index (χ3n) is 2.79. The minimum Gasteiger partial charge on any atom is -0.481 e. The van der Waals surface area contributed by atoms with E-state index >= 15 is 0 Å². The van der Waals surface area contributed by atoms with Gasteiger partial charge in [0.25, 0.3) is 5.91 Å². The van der Waals surface area contributed by atoms with E-state index in [1.54, 1.807) is 12.1 Å². The van der Waals surface area contributed by atoms with Crippen LogP contribution >= 0.6 is 43.5 Å². The van der Waals surface area contributed by atoms with E-state index in [2.05, 4.69) is 42.4 Å². The van der Waals surface area contributed by atoms with Crippen LogP contribution in [0.25, 0.3) is 0 Å². The van der Waals surface area contributed by atoms with E-state index in [0.29, 0.717) is 10.8 Å². The molecule has 2 rings (SSSR count). The maximum Gasteiger partial charge on any atom is 0.277 e. The number of hydrogen-bond acceptors (Lipinski definition) is 3. The van der Waals surface area contributed by atoms with Crippen molar-refractivity contribution in [3.63, 3.8) is 0 Å². The van der Waals surface area contributed by atoms with E-state index in [-0.39, 0.29) is 12.5 Å². The highest BCUT2D eigenvalue weighted by atomic mass is 79.9. The Morgan fingerprint density at radius 2 is 1.96 bits per heavy atom. The van der Waals surface area contributed by atoms with Crippen molar-refractivity contribution in [2.75, 3.05) is 6.61 Å². The molecule has 0 saturated carbocycles. The van der Waals surface area contributed by atoms with Gasteiger partial charge in [-0.1, -0.05) is 29.8 Å². The largest absolute Gasteiger partial charge is 0.481 e. The zero-order chi connectivity index (χ0) is 16.8. The number of nitrogens with zero attached hydrogens (tertiary/aromatic N) is 1. The van der Waals surface area contributed by atoms with E-state index in [9.17, 15) is 4.79 Å². The number of hydrogen-bond donors (Lipinski definition) is 1. The van der Waals surface area contributed by atoms with Gasteiger partial charge in [-0.25, -0.2) is 5.43 Å². The van der Waals surface area contributed by atoms with Gasteiger partial charge in [0.2, 0.25) is 0 Å². The van der Waals surface area contributed by atoms with E-state index < -0.39 is 0 Å². The van der Waals surface area contributed by atoms with Crippen LogP contribution in [0, 0.1) is 6.92 Å². The van der Waals surface area contributed by atoms with Crippen molar-refractivity contribution >= 4 is 55.6 Å². The first-order valence-electron chi connectivity index (χ1n) is 6.62. The fraction of sp³-hybridized carbons (Fsp3) is 0.125. The standard InChI is InChI=1S/C16H13Br2ClN2O2/c1-10-6-12(17)16(13(18)7-10)23-9-15(22)21-20-8-11-4-2-3-5-14(11)19/h2-8H,9H2,1H3,(H,21,22)/b20-8-. The summed E-state index contributed by atoms with van der Waals surface area (Å²) in [4.78, 5) is 11.8. The van der Waals surface area contributed by atoms with Gasteiger partial charge in [-0.05, 0) is 62.5 Å². The third-order valence-corrected chi connectivity index (χ3v) is 4.31. The smallest absolute Gasteiger partial charge is 0.277 e. The third kappa shape index (κ3) is 5.34. The minimum atomic E-state index is -0.368.